The SMILES string of the molecule is C=CSNCC1CCN(S(=O)(=O)c2ccc(C(COC3CCOCC3)Cc3ccccc3)cc2)C1. The number of hydrogen-bond acceptors (Lipinski definition) is 6. The van der Waals surface area contributed by atoms with E-state index in [-0.39, 0.29) is 12.0 Å². The Kier molecular flexibility index (Phi) is 9.83. The van der Waals surface area contributed by atoms with Gasteiger partial charge in [-0.25, -0.2) is 8.42 Å². The number of nitrogens with one attached hydrogen (secondary N) is 1. The Morgan fingerprint density at radius 3 is 2.57 bits per heavy atom. The van der Waals surface area contributed by atoms with Gasteiger partial charge in [0.2, 0.25) is 10.0 Å². The molecule has 2 heterocycles. The molecule has 2 fully saturated rings. The van der Waals surface area contributed by atoms with E-state index in [2.05, 4.69) is 35.6 Å². The van der Waals surface area contributed by atoms with Gasteiger partial charge in [-0.15, -0.1) is 0 Å². The standard InChI is InChI=1S/C27H36N2O4S2/c1-2-34-28-19-23-12-15-29(20-23)35(30,31)27-10-8-24(9-11-27)25(18-22-6-4-3-5-7-22)21-33-26-13-16-32-17-14-26/h2-11,23,25-26,28H,1,12-21H2. The molecule has 2 aliphatic rings. The second-order valence-corrected chi connectivity index (χ2v) is 12.0. The zero-order chi connectivity index (χ0) is 24.5. The highest BCUT2D eigenvalue weighted by atomic mass is 32.2. The zero-order valence-corrected chi connectivity index (χ0v) is 21.8. The molecule has 0 amide bonds. The number of rotatable bonds is 12. The Balaban J connectivity index is 1.43. The zero-order valence-electron chi connectivity index (χ0n) is 20.2. The van der Waals surface area contributed by atoms with Crippen molar-refractivity contribution in [1.29, 1.82) is 0 Å². The van der Waals surface area contributed by atoms with Gasteiger partial charge in [-0.05, 0) is 60.3 Å². The molecule has 4 rings (SSSR count). The van der Waals surface area contributed by atoms with Crippen molar-refractivity contribution in [2.75, 3.05) is 39.5 Å². The lowest BCUT2D eigenvalue weighted by Crippen LogP contribution is -2.30. The summed E-state index contributed by atoms with van der Waals surface area (Å²) in [6, 6.07) is 17.8. The lowest BCUT2D eigenvalue weighted by molar-refractivity contribution is -0.0361. The van der Waals surface area contributed by atoms with Gasteiger partial charge in [-0.1, -0.05) is 61.0 Å². The van der Waals surface area contributed by atoms with Crippen LogP contribution in [0.1, 0.15) is 36.3 Å². The summed E-state index contributed by atoms with van der Waals surface area (Å²) < 4.78 is 43.1. The molecule has 2 aliphatic heterocycles. The van der Waals surface area contributed by atoms with Gasteiger partial charge in [0.15, 0.2) is 0 Å². The molecule has 0 bridgehead atoms. The predicted molar refractivity (Wildman–Crippen MR) is 142 cm³/mol. The van der Waals surface area contributed by atoms with Crippen LogP contribution in [0.4, 0.5) is 0 Å². The fourth-order valence-corrected chi connectivity index (χ4v) is 6.72. The van der Waals surface area contributed by atoms with E-state index < -0.39 is 10.0 Å². The summed E-state index contributed by atoms with van der Waals surface area (Å²) in [5, 5.41) is 1.74. The molecule has 0 spiro atoms. The van der Waals surface area contributed by atoms with Crippen molar-refractivity contribution in [3.63, 3.8) is 0 Å². The van der Waals surface area contributed by atoms with E-state index in [0.29, 0.717) is 30.5 Å². The molecule has 2 atom stereocenters. The van der Waals surface area contributed by atoms with Gasteiger partial charge in [-0.2, -0.15) is 4.31 Å². The van der Waals surface area contributed by atoms with Crippen molar-refractivity contribution in [1.82, 2.24) is 9.03 Å². The van der Waals surface area contributed by atoms with E-state index in [1.54, 1.807) is 21.8 Å². The average molecular weight is 517 g/mol. The van der Waals surface area contributed by atoms with Crippen LogP contribution in [0.25, 0.3) is 0 Å². The van der Waals surface area contributed by atoms with E-state index in [1.807, 2.05) is 18.2 Å². The molecule has 2 aromatic carbocycles. The highest BCUT2D eigenvalue weighted by Crippen LogP contribution is 2.28. The Labute approximate surface area is 214 Å². The van der Waals surface area contributed by atoms with Crippen molar-refractivity contribution < 1.29 is 17.9 Å². The lowest BCUT2D eigenvalue weighted by Gasteiger charge is -2.26. The number of benzene rings is 2. The van der Waals surface area contributed by atoms with Crippen LogP contribution >= 0.6 is 11.9 Å². The van der Waals surface area contributed by atoms with Gasteiger partial charge in [0.25, 0.3) is 0 Å². The molecule has 0 radical (unpaired) electrons. The first-order valence-electron chi connectivity index (χ1n) is 12.4. The number of nitrogens with zero attached hydrogens (tertiary/aromatic N) is 1. The van der Waals surface area contributed by atoms with Crippen LogP contribution in [0.5, 0.6) is 0 Å². The summed E-state index contributed by atoms with van der Waals surface area (Å²) in [5.41, 5.74) is 2.35. The fraction of sp³-hybridized carbons (Fsp3) is 0.481. The molecule has 0 aliphatic carbocycles. The third-order valence-electron chi connectivity index (χ3n) is 6.80. The minimum atomic E-state index is -3.50. The summed E-state index contributed by atoms with van der Waals surface area (Å²) in [5.74, 6) is 0.468. The van der Waals surface area contributed by atoms with Gasteiger partial charge in [0.1, 0.15) is 0 Å². The average Bonchev–Trinajstić information content (AvgIpc) is 3.38. The van der Waals surface area contributed by atoms with E-state index in [9.17, 15) is 8.42 Å². The number of sulfonamides is 1. The maximum Gasteiger partial charge on any atom is 0.243 e. The Hall–Kier alpha value is -1.68. The second kappa shape index (κ2) is 13.0. The van der Waals surface area contributed by atoms with Crippen LogP contribution in [0.2, 0.25) is 0 Å². The molecular weight excluding hydrogens is 480 g/mol. The monoisotopic (exact) mass is 516 g/mol. The van der Waals surface area contributed by atoms with Gasteiger partial charge < -0.3 is 9.47 Å². The smallest absolute Gasteiger partial charge is 0.243 e. The number of ether oxygens (including phenoxy) is 2. The van der Waals surface area contributed by atoms with Crippen molar-refractivity contribution in [2.24, 2.45) is 5.92 Å². The third-order valence-corrected chi connectivity index (χ3v) is 9.18. The highest BCUT2D eigenvalue weighted by molar-refractivity contribution is 8.00. The molecule has 8 heteroatoms. The first kappa shape index (κ1) is 26.4. The van der Waals surface area contributed by atoms with Crippen LogP contribution in [0, 0.1) is 5.92 Å². The van der Waals surface area contributed by atoms with Gasteiger partial charge in [0.05, 0.1) is 17.6 Å². The van der Waals surface area contributed by atoms with Gasteiger partial charge in [-0.3, -0.25) is 4.72 Å². The number of hydrogen-bond donors (Lipinski definition) is 1. The van der Waals surface area contributed by atoms with Crippen LogP contribution in [0.15, 0.2) is 71.5 Å². The third kappa shape index (κ3) is 7.41. The second-order valence-electron chi connectivity index (χ2n) is 9.25. The Morgan fingerprint density at radius 1 is 1.11 bits per heavy atom. The largest absolute Gasteiger partial charge is 0.381 e. The quantitative estimate of drug-likeness (QED) is 0.329. The van der Waals surface area contributed by atoms with Crippen LogP contribution in [-0.2, 0) is 25.9 Å². The van der Waals surface area contributed by atoms with Crippen LogP contribution in [-0.4, -0.2) is 58.3 Å². The molecular formula is C27H36N2O4S2. The molecule has 1 N–H and O–H groups in total. The van der Waals surface area contributed by atoms with E-state index in [4.69, 9.17) is 9.47 Å². The molecule has 2 saturated heterocycles. The maximum atomic E-state index is 13.3. The summed E-state index contributed by atoms with van der Waals surface area (Å²) >= 11 is 1.45. The Bertz CT molecular complexity index is 1020. The van der Waals surface area contributed by atoms with Crippen molar-refractivity contribution in [3.8, 4) is 0 Å². The molecule has 6 nitrogen and oxygen atoms in total. The molecule has 190 valence electrons. The van der Waals surface area contributed by atoms with Crippen molar-refractivity contribution in [2.45, 2.75) is 42.6 Å². The summed E-state index contributed by atoms with van der Waals surface area (Å²) in [4.78, 5) is 0.360. The normalized spacial score (nSPS) is 20.6. The van der Waals surface area contributed by atoms with Crippen molar-refractivity contribution in [3.05, 3.63) is 77.7 Å². The van der Waals surface area contributed by atoms with Gasteiger partial charge >= 0.3 is 0 Å². The van der Waals surface area contributed by atoms with E-state index in [0.717, 1.165) is 51.0 Å². The minimum Gasteiger partial charge on any atom is -0.381 e. The highest BCUT2D eigenvalue weighted by Gasteiger charge is 2.32. The minimum absolute atomic E-state index is 0.154. The molecule has 0 saturated carbocycles. The van der Waals surface area contributed by atoms with E-state index >= 15 is 0 Å². The predicted octanol–water partition coefficient (Wildman–Crippen LogP) is 4.60. The van der Waals surface area contributed by atoms with E-state index in [1.165, 1.54) is 17.5 Å². The summed E-state index contributed by atoms with van der Waals surface area (Å²) in [7, 11) is -3.50. The van der Waals surface area contributed by atoms with Gasteiger partial charge in [0, 0.05) is 38.8 Å². The first-order chi connectivity index (χ1) is 17.1. The van der Waals surface area contributed by atoms with Crippen LogP contribution < -0.4 is 4.72 Å². The molecule has 35 heavy (non-hydrogen) atoms. The van der Waals surface area contributed by atoms with Crippen molar-refractivity contribution >= 4 is 22.0 Å². The fourth-order valence-electron chi connectivity index (χ4n) is 4.73. The van der Waals surface area contributed by atoms with Crippen LogP contribution in [0.3, 0.4) is 0 Å². The summed E-state index contributed by atoms with van der Waals surface area (Å²) in [6.45, 7) is 7.67. The first-order valence-corrected chi connectivity index (χ1v) is 14.7. The maximum absolute atomic E-state index is 13.3. The lowest BCUT2D eigenvalue weighted by atomic mass is 9.92. The summed E-state index contributed by atoms with van der Waals surface area (Å²) in [6.07, 6.45) is 3.79. The molecule has 2 aromatic rings. The Morgan fingerprint density at radius 2 is 1.86 bits per heavy atom. The molecule has 0 aromatic heterocycles. The molecule has 2 unspecified atom stereocenters. The topological polar surface area (TPSA) is 67.9 Å².